The van der Waals surface area contributed by atoms with Crippen LogP contribution in [0.1, 0.15) is 6.92 Å². The Bertz CT molecular complexity index is 637. The maximum Gasteiger partial charge on any atom is 0.258 e. The van der Waals surface area contributed by atoms with Crippen LogP contribution in [0.5, 0.6) is 11.6 Å². The smallest absolute Gasteiger partial charge is 0.258 e. The lowest BCUT2D eigenvalue weighted by atomic mass is 10.3. The van der Waals surface area contributed by atoms with Gasteiger partial charge in [-0.15, -0.1) is 0 Å². The molecule has 0 aliphatic carbocycles. The van der Waals surface area contributed by atoms with Crippen LogP contribution in [0.4, 0.5) is 19.0 Å². The molecule has 2 aromatic rings. The minimum absolute atomic E-state index is 0.00681. The molecule has 0 saturated heterocycles. The second-order valence-electron chi connectivity index (χ2n) is 3.81. The third kappa shape index (κ3) is 3.14. The number of rotatable bonds is 4. The van der Waals surface area contributed by atoms with Gasteiger partial charge < -0.3 is 10.1 Å². The molecule has 3 nitrogen and oxygen atoms in total. The molecule has 0 saturated carbocycles. The largest absolute Gasteiger partial charge is 0.436 e. The molecule has 1 heterocycles. The first-order valence-corrected chi connectivity index (χ1v) is 6.12. The zero-order chi connectivity index (χ0) is 14.7. The van der Waals surface area contributed by atoms with E-state index in [-0.39, 0.29) is 16.6 Å². The van der Waals surface area contributed by atoms with Crippen molar-refractivity contribution in [1.29, 1.82) is 0 Å². The van der Waals surface area contributed by atoms with E-state index in [2.05, 4.69) is 10.3 Å². The maximum absolute atomic E-state index is 13.6. The van der Waals surface area contributed by atoms with Crippen LogP contribution < -0.4 is 10.1 Å². The minimum atomic E-state index is -0.987. The lowest BCUT2D eigenvalue weighted by Gasteiger charge is -2.09. The van der Waals surface area contributed by atoms with Crippen LogP contribution in [-0.2, 0) is 0 Å². The third-order valence-corrected chi connectivity index (χ3v) is 2.65. The van der Waals surface area contributed by atoms with Crippen LogP contribution in [-0.4, -0.2) is 11.5 Å². The normalized spacial score (nSPS) is 10.4. The van der Waals surface area contributed by atoms with E-state index in [1.807, 2.05) is 0 Å². The van der Waals surface area contributed by atoms with E-state index >= 15 is 0 Å². The van der Waals surface area contributed by atoms with Crippen molar-refractivity contribution >= 4 is 17.4 Å². The molecule has 0 bridgehead atoms. The molecule has 0 amide bonds. The summed E-state index contributed by atoms with van der Waals surface area (Å²) in [5, 5.41) is 2.54. The number of halogens is 4. The highest BCUT2D eigenvalue weighted by Crippen LogP contribution is 2.28. The molecule has 2 rings (SSSR count). The van der Waals surface area contributed by atoms with Gasteiger partial charge in [-0.1, -0.05) is 11.6 Å². The van der Waals surface area contributed by atoms with E-state index in [0.717, 1.165) is 6.07 Å². The van der Waals surface area contributed by atoms with Crippen molar-refractivity contribution in [3.8, 4) is 11.6 Å². The highest BCUT2D eigenvalue weighted by molar-refractivity contribution is 6.30. The van der Waals surface area contributed by atoms with E-state index in [1.54, 1.807) is 6.92 Å². The Labute approximate surface area is 118 Å². The number of hydrogen-bond donors (Lipinski definition) is 1. The van der Waals surface area contributed by atoms with Crippen molar-refractivity contribution < 1.29 is 17.9 Å². The topological polar surface area (TPSA) is 34.2 Å². The molecule has 20 heavy (non-hydrogen) atoms. The Balaban J connectivity index is 2.32. The van der Waals surface area contributed by atoms with Gasteiger partial charge in [-0.05, 0) is 19.1 Å². The van der Waals surface area contributed by atoms with Crippen molar-refractivity contribution in [3.05, 3.63) is 46.7 Å². The average molecular weight is 303 g/mol. The maximum atomic E-state index is 13.6. The van der Waals surface area contributed by atoms with Gasteiger partial charge in [0.25, 0.3) is 5.88 Å². The average Bonchev–Trinajstić information content (AvgIpc) is 2.39. The zero-order valence-electron chi connectivity index (χ0n) is 10.4. The van der Waals surface area contributed by atoms with Gasteiger partial charge in [-0.3, -0.25) is 0 Å². The lowest BCUT2D eigenvalue weighted by Crippen LogP contribution is -2.04. The molecule has 0 radical (unpaired) electrons. The van der Waals surface area contributed by atoms with Crippen molar-refractivity contribution in [2.45, 2.75) is 6.92 Å². The predicted molar refractivity (Wildman–Crippen MR) is 69.8 cm³/mol. The second kappa shape index (κ2) is 6.00. The van der Waals surface area contributed by atoms with E-state index in [0.29, 0.717) is 12.6 Å². The summed E-state index contributed by atoms with van der Waals surface area (Å²) >= 11 is 5.52. The molecule has 1 aromatic heterocycles. The summed E-state index contributed by atoms with van der Waals surface area (Å²) < 4.78 is 45.3. The molecule has 106 valence electrons. The highest BCUT2D eigenvalue weighted by atomic mass is 35.5. The summed E-state index contributed by atoms with van der Waals surface area (Å²) in [7, 11) is 0. The molecule has 1 N–H and O–H groups in total. The van der Waals surface area contributed by atoms with Crippen molar-refractivity contribution in [3.63, 3.8) is 0 Å². The predicted octanol–water partition coefficient (Wildman–Crippen LogP) is 4.38. The fourth-order valence-corrected chi connectivity index (χ4v) is 1.58. The van der Waals surface area contributed by atoms with Crippen LogP contribution in [0.3, 0.4) is 0 Å². The number of hydrogen-bond acceptors (Lipinski definition) is 3. The van der Waals surface area contributed by atoms with Gasteiger partial charge in [0.1, 0.15) is 11.6 Å². The van der Waals surface area contributed by atoms with Crippen molar-refractivity contribution in [2.24, 2.45) is 0 Å². The monoisotopic (exact) mass is 302 g/mol. The quantitative estimate of drug-likeness (QED) is 0.910. The molecule has 7 heteroatoms. The SMILES string of the molecule is CCNc1nc(Oc2ccc(Cl)c(F)c2)c(F)cc1F. The second-order valence-corrected chi connectivity index (χ2v) is 4.22. The van der Waals surface area contributed by atoms with Gasteiger partial charge in [0.15, 0.2) is 17.5 Å². The van der Waals surface area contributed by atoms with Gasteiger partial charge >= 0.3 is 0 Å². The molecule has 0 unspecified atom stereocenters. The van der Waals surface area contributed by atoms with E-state index in [1.165, 1.54) is 12.1 Å². The van der Waals surface area contributed by atoms with Gasteiger partial charge in [0.05, 0.1) is 5.02 Å². The van der Waals surface area contributed by atoms with Gasteiger partial charge in [-0.25, -0.2) is 13.2 Å². The Morgan fingerprint density at radius 3 is 2.55 bits per heavy atom. The first-order chi connectivity index (χ1) is 9.51. The highest BCUT2D eigenvalue weighted by Gasteiger charge is 2.14. The first-order valence-electron chi connectivity index (χ1n) is 5.74. The van der Waals surface area contributed by atoms with Crippen LogP contribution in [0.25, 0.3) is 0 Å². The molecule has 0 aliphatic rings. The summed E-state index contributed by atoms with van der Waals surface area (Å²) in [5.74, 6) is -3.12. The fourth-order valence-electron chi connectivity index (χ4n) is 1.46. The van der Waals surface area contributed by atoms with Gasteiger partial charge in [-0.2, -0.15) is 4.98 Å². The molecule has 0 spiro atoms. The van der Waals surface area contributed by atoms with Crippen molar-refractivity contribution in [1.82, 2.24) is 4.98 Å². The summed E-state index contributed by atoms with van der Waals surface area (Å²) in [6.07, 6.45) is 0. The van der Waals surface area contributed by atoms with Gasteiger partial charge in [0.2, 0.25) is 0 Å². The molecule has 1 aromatic carbocycles. The zero-order valence-corrected chi connectivity index (χ0v) is 11.1. The van der Waals surface area contributed by atoms with Crippen LogP contribution in [0.15, 0.2) is 24.3 Å². The molecular formula is C13H10ClF3N2O. The lowest BCUT2D eigenvalue weighted by molar-refractivity contribution is 0.415. The number of ether oxygens (including phenoxy) is 1. The van der Waals surface area contributed by atoms with Crippen LogP contribution in [0, 0.1) is 17.5 Å². The molecule has 0 fully saturated rings. The summed E-state index contributed by atoms with van der Waals surface area (Å²) in [4.78, 5) is 3.67. The third-order valence-electron chi connectivity index (χ3n) is 2.35. The van der Waals surface area contributed by atoms with E-state index in [9.17, 15) is 13.2 Å². The number of nitrogens with zero attached hydrogens (tertiary/aromatic N) is 1. The number of benzene rings is 1. The Morgan fingerprint density at radius 2 is 1.90 bits per heavy atom. The number of pyridine rings is 1. The Morgan fingerprint density at radius 1 is 1.15 bits per heavy atom. The molecule has 0 atom stereocenters. The van der Waals surface area contributed by atoms with E-state index in [4.69, 9.17) is 16.3 Å². The van der Waals surface area contributed by atoms with Crippen LogP contribution in [0.2, 0.25) is 5.02 Å². The minimum Gasteiger partial charge on any atom is -0.436 e. The Hall–Kier alpha value is -1.95. The first kappa shape index (κ1) is 14.5. The Kier molecular flexibility index (Phi) is 4.34. The number of nitrogens with one attached hydrogen (secondary N) is 1. The number of anilines is 1. The standard InChI is InChI=1S/C13H10ClF3N2O/c1-2-18-12-10(16)6-11(17)13(19-12)20-7-3-4-8(14)9(15)5-7/h3-6H,2H2,1H3,(H,18,19). The fraction of sp³-hybridized carbons (Fsp3) is 0.154. The summed E-state index contributed by atoms with van der Waals surface area (Å²) in [6, 6.07) is 4.24. The van der Waals surface area contributed by atoms with Crippen molar-refractivity contribution in [2.75, 3.05) is 11.9 Å². The molecular weight excluding hydrogens is 293 g/mol. The van der Waals surface area contributed by atoms with E-state index < -0.39 is 23.3 Å². The summed E-state index contributed by atoms with van der Waals surface area (Å²) in [6.45, 7) is 2.14. The summed E-state index contributed by atoms with van der Waals surface area (Å²) in [5.41, 5.74) is 0. The van der Waals surface area contributed by atoms with Gasteiger partial charge in [0, 0.05) is 18.7 Å². The van der Waals surface area contributed by atoms with Crippen LogP contribution >= 0.6 is 11.6 Å². The molecule has 0 aliphatic heterocycles. The number of aromatic nitrogens is 1.